The van der Waals surface area contributed by atoms with E-state index in [1.807, 2.05) is 0 Å². The van der Waals surface area contributed by atoms with E-state index in [1.165, 1.54) is 22.6 Å². The summed E-state index contributed by atoms with van der Waals surface area (Å²) in [6.45, 7) is 0. The number of alkyl halides is 7. The SMILES string of the molecule is O=S(=O)(N(C1=NC=C=CC1CI)S(=O)(=O)C(F)(F)F)C(F)(F)F. The summed E-state index contributed by atoms with van der Waals surface area (Å²) >= 11 is 1.51. The summed E-state index contributed by atoms with van der Waals surface area (Å²) in [5.41, 5.74) is -10.3. The second-order valence-electron chi connectivity index (χ2n) is 3.81. The lowest BCUT2D eigenvalue weighted by Gasteiger charge is -2.29. The third-order valence-electron chi connectivity index (χ3n) is 2.28. The van der Waals surface area contributed by atoms with Crippen molar-refractivity contribution in [2.24, 2.45) is 10.9 Å². The van der Waals surface area contributed by atoms with Crippen LogP contribution in [0.2, 0.25) is 0 Å². The number of rotatable bonds is 3. The van der Waals surface area contributed by atoms with Gasteiger partial charge >= 0.3 is 31.1 Å². The van der Waals surface area contributed by atoms with Gasteiger partial charge < -0.3 is 0 Å². The van der Waals surface area contributed by atoms with E-state index in [9.17, 15) is 43.2 Å². The van der Waals surface area contributed by atoms with Crippen molar-refractivity contribution in [2.45, 2.75) is 11.0 Å². The summed E-state index contributed by atoms with van der Waals surface area (Å²) in [4.78, 5) is 3.05. The van der Waals surface area contributed by atoms with Crippen LogP contribution in [0.1, 0.15) is 0 Å². The molecule has 0 bridgehead atoms. The Kier molecular flexibility index (Phi) is 5.50. The first-order valence-electron chi connectivity index (χ1n) is 5.15. The molecule has 0 fully saturated rings. The van der Waals surface area contributed by atoms with Crippen molar-refractivity contribution in [3.8, 4) is 0 Å². The summed E-state index contributed by atoms with van der Waals surface area (Å²) < 4.78 is 119. The average molecular weight is 498 g/mol. The van der Waals surface area contributed by atoms with Gasteiger partial charge in [-0.3, -0.25) is 0 Å². The number of nitrogens with zero attached hydrogens (tertiary/aromatic N) is 2. The summed E-state index contributed by atoms with van der Waals surface area (Å²) in [6, 6.07) is 0. The maximum Gasteiger partial charge on any atom is 0.517 e. The van der Waals surface area contributed by atoms with E-state index < -0.39 is 46.5 Å². The Balaban J connectivity index is 3.74. The number of hydrogen-bond acceptors (Lipinski definition) is 5. The summed E-state index contributed by atoms with van der Waals surface area (Å²) in [7, 11) is -13.8. The third kappa shape index (κ3) is 3.66. The highest BCUT2D eigenvalue weighted by Gasteiger charge is 2.63. The quantitative estimate of drug-likeness (QED) is 0.259. The zero-order valence-electron chi connectivity index (χ0n) is 10.4. The van der Waals surface area contributed by atoms with Crippen LogP contribution in [0.3, 0.4) is 0 Å². The number of aliphatic imine (C=N–C) groups is 1. The van der Waals surface area contributed by atoms with Crippen LogP contribution in [0.25, 0.3) is 0 Å². The molecule has 0 N–H and O–H groups in total. The van der Waals surface area contributed by atoms with Gasteiger partial charge in [-0.05, 0) is 6.08 Å². The monoisotopic (exact) mass is 498 g/mol. The molecule has 1 unspecified atom stereocenters. The molecule has 6 nitrogen and oxygen atoms in total. The Morgan fingerprint density at radius 1 is 1.09 bits per heavy atom. The molecule has 0 amide bonds. The maximum absolute atomic E-state index is 12.6. The molecule has 0 spiro atoms. The second kappa shape index (κ2) is 6.25. The Labute approximate surface area is 139 Å². The van der Waals surface area contributed by atoms with E-state index in [-0.39, 0.29) is 4.43 Å². The lowest BCUT2D eigenvalue weighted by molar-refractivity contribution is -0.0511. The first-order valence-corrected chi connectivity index (χ1v) is 9.56. The Morgan fingerprint density at radius 3 is 1.87 bits per heavy atom. The molecule has 1 heterocycles. The minimum Gasteiger partial charge on any atom is -0.232 e. The molecule has 23 heavy (non-hydrogen) atoms. The fraction of sp³-hybridized carbons (Fsp3) is 0.500. The highest BCUT2D eigenvalue weighted by molar-refractivity contribution is 14.1. The van der Waals surface area contributed by atoms with Gasteiger partial charge in [0.05, 0.1) is 12.1 Å². The summed E-state index contributed by atoms with van der Waals surface area (Å²) in [5, 5.41) is 0. The highest BCUT2D eigenvalue weighted by atomic mass is 127. The highest BCUT2D eigenvalue weighted by Crippen LogP contribution is 2.37. The first-order chi connectivity index (χ1) is 10.2. The predicted molar refractivity (Wildman–Crippen MR) is 74.3 cm³/mol. The predicted octanol–water partition coefficient (Wildman–Crippen LogP) is 2.12. The minimum absolute atomic E-state index is 0.241. The van der Waals surface area contributed by atoms with Gasteiger partial charge in [0.1, 0.15) is 5.84 Å². The third-order valence-corrected chi connectivity index (χ3v) is 6.82. The fourth-order valence-electron chi connectivity index (χ4n) is 1.29. The van der Waals surface area contributed by atoms with Gasteiger partial charge in [0.25, 0.3) is 0 Å². The largest absolute Gasteiger partial charge is 0.517 e. The number of amidine groups is 1. The van der Waals surface area contributed by atoms with Crippen molar-refractivity contribution >= 4 is 48.5 Å². The minimum atomic E-state index is -6.90. The van der Waals surface area contributed by atoms with E-state index in [0.717, 1.165) is 6.08 Å². The van der Waals surface area contributed by atoms with Crippen LogP contribution < -0.4 is 0 Å². The van der Waals surface area contributed by atoms with Gasteiger partial charge in [-0.15, -0.1) is 9.44 Å². The van der Waals surface area contributed by atoms with Crippen molar-refractivity contribution in [2.75, 3.05) is 4.43 Å². The molecule has 1 rings (SSSR count). The molecule has 0 aromatic carbocycles. The average Bonchev–Trinajstić information content (AvgIpc) is 2.36. The summed E-state index contributed by atoms with van der Waals surface area (Å²) in [5.74, 6) is -2.87. The first kappa shape index (κ1) is 20.2. The molecule has 0 aromatic heterocycles. The topological polar surface area (TPSA) is 83.9 Å². The number of sulfonamides is 2. The van der Waals surface area contributed by atoms with E-state index in [0.29, 0.717) is 6.20 Å². The van der Waals surface area contributed by atoms with Crippen LogP contribution in [0, 0.1) is 5.92 Å². The Hall–Kier alpha value is -0.800. The van der Waals surface area contributed by atoms with Crippen molar-refractivity contribution in [1.82, 2.24) is 3.71 Å². The van der Waals surface area contributed by atoms with Crippen LogP contribution in [0.5, 0.6) is 0 Å². The second-order valence-corrected chi connectivity index (χ2v) is 8.48. The zero-order valence-corrected chi connectivity index (χ0v) is 14.2. The molecular weight excluding hydrogens is 493 g/mol. The molecule has 0 aromatic rings. The van der Waals surface area contributed by atoms with Gasteiger partial charge in [-0.1, -0.05) is 22.6 Å². The van der Waals surface area contributed by atoms with Gasteiger partial charge in [0.15, 0.2) is 0 Å². The van der Waals surface area contributed by atoms with Gasteiger partial charge in [0, 0.05) is 4.43 Å². The molecular formula is C8H5F6IN2O4S2. The van der Waals surface area contributed by atoms with Crippen molar-refractivity contribution in [3.05, 3.63) is 18.0 Å². The molecule has 1 atom stereocenters. The molecule has 0 saturated carbocycles. The van der Waals surface area contributed by atoms with E-state index in [1.54, 1.807) is 0 Å². The maximum atomic E-state index is 12.6. The Morgan fingerprint density at radius 2 is 1.52 bits per heavy atom. The van der Waals surface area contributed by atoms with Gasteiger partial charge in [0.2, 0.25) is 0 Å². The lowest BCUT2D eigenvalue weighted by atomic mass is 10.1. The van der Waals surface area contributed by atoms with Crippen molar-refractivity contribution < 1.29 is 43.2 Å². The van der Waals surface area contributed by atoms with Crippen LogP contribution >= 0.6 is 22.6 Å². The number of hydrogen-bond donors (Lipinski definition) is 0. The van der Waals surface area contributed by atoms with E-state index in [4.69, 9.17) is 0 Å². The molecule has 0 saturated heterocycles. The normalized spacial score (nSPS) is 19.6. The van der Waals surface area contributed by atoms with Gasteiger partial charge in [-0.2, -0.15) is 43.2 Å². The molecule has 1 aliphatic heterocycles. The van der Waals surface area contributed by atoms with Gasteiger partial charge in [-0.25, -0.2) is 4.99 Å². The number of halogens is 7. The van der Waals surface area contributed by atoms with E-state index >= 15 is 0 Å². The Bertz CT molecular complexity index is 732. The molecule has 15 heteroatoms. The zero-order chi connectivity index (χ0) is 18.3. The standard InChI is InChI=1S/C8H5F6IN2O4S2/c9-7(10,11)22(18,19)17(23(20,21)8(12,13)14)6-5(4-15)2-1-3-16-6/h2-3,5H,4H2. The van der Waals surface area contributed by atoms with Crippen LogP contribution in [-0.2, 0) is 20.0 Å². The molecule has 1 aliphatic rings. The molecule has 0 radical (unpaired) electrons. The van der Waals surface area contributed by atoms with Crippen LogP contribution in [0.15, 0.2) is 23.0 Å². The lowest BCUT2D eigenvalue weighted by Crippen LogP contribution is -2.53. The van der Waals surface area contributed by atoms with Crippen LogP contribution in [0.4, 0.5) is 26.3 Å². The van der Waals surface area contributed by atoms with Crippen molar-refractivity contribution in [3.63, 3.8) is 0 Å². The summed E-state index contributed by atoms with van der Waals surface area (Å²) in [6.07, 6.45) is 1.46. The smallest absolute Gasteiger partial charge is 0.232 e. The van der Waals surface area contributed by atoms with E-state index in [2.05, 4.69) is 10.7 Å². The fourth-order valence-corrected chi connectivity index (χ4v) is 4.71. The van der Waals surface area contributed by atoms with Crippen LogP contribution in [-0.4, -0.2) is 41.8 Å². The molecule has 0 aliphatic carbocycles. The van der Waals surface area contributed by atoms with Crippen molar-refractivity contribution in [1.29, 1.82) is 0 Å². The molecule has 132 valence electrons.